The summed E-state index contributed by atoms with van der Waals surface area (Å²) in [5.41, 5.74) is 30.5. The minimum Gasteiger partial charge on any atom is -0.255 e. The molecule has 0 radical (unpaired) electrons. The Hall–Kier alpha value is -19.1. The van der Waals surface area contributed by atoms with Gasteiger partial charge in [-0.05, 0) is 236 Å². The highest BCUT2D eigenvalue weighted by Gasteiger charge is 2.24. The van der Waals surface area contributed by atoms with Crippen molar-refractivity contribution in [2.24, 2.45) is 0 Å². The molecule has 0 amide bonds. The predicted molar refractivity (Wildman–Crippen MR) is 559 cm³/mol. The molecule has 11 aromatic carbocycles. The van der Waals surface area contributed by atoms with Gasteiger partial charge in [0, 0.05) is 127 Å². The largest absolute Gasteiger partial charge is 0.255 e. The fraction of sp³-hybridized carbons (Fsp3) is 0. The lowest BCUT2D eigenvalue weighted by atomic mass is 9.88. The van der Waals surface area contributed by atoms with E-state index in [9.17, 15) is 0 Å². The fourth-order valence-electron chi connectivity index (χ4n) is 19.2. The van der Waals surface area contributed by atoms with E-state index in [1.165, 1.54) is 27.1 Å². The molecule has 138 heavy (non-hydrogen) atoms. The highest BCUT2D eigenvalue weighted by atomic mass is 14.9. The van der Waals surface area contributed by atoms with Crippen molar-refractivity contribution < 1.29 is 0 Å². The number of aromatic nitrogens is 16. The van der Waals surface area contributed by atoms with Gasteiger partial charge in [0.1, 0.15) is 0 Å². The smallest absolute Gasteiger partial charge is 0.0979 e. The average molecular weight is 1760 g/mol. The minimum atomic E-state index is 0.762. The van der Waals surface area contributed by atoms with Crippen LogP contribution in [0.3, 0.4) is 0 Å². The fourth-order valence-corrected chi connectivity index (χ4v) is 19.2. The topological polar surface area (TPSA) is 206 Å². The molecule has 0 aliphatic rings. The van der Waals surface area contributed by atoms with Crippen molar-refractivity contribution in [3.05, 3.63) is 450 Å². The third kappa shape index (κ3) is 15.1. The van der Waals surface area contributed by atoms with Crippen LogP contribution >= 0.6 is 0 Å². The number of hydrogen-bond acceptors (Lipinski definition) is 16. The Bertz CT molecular complexity index is 9310. The molecule has 16 aromatic heterocycles. The quantitative estimate of drug-likeness (QED) is 0.0823. The van der Waals surface area contributed by atoms with Gasteiger partial charge in [-0.3, -0.25) is 44.9 Å². The SMILES string of the molecule is c1ccc(-c2cc(-c3ccc(-c4c5ccccc5nc5c4ccc4cccnc45)c4ccccc34)cc(-c3ccccn3)n2)nc1.c1ccc(-c2cc(-c3ccc4c(ccc5cc(-c6c7ccccc7nc7c6ccc6cccnc67)ccc54)c3)cc(-c3ccccn3)n2)nc1.c1ccc(-c2cc(-c3cccc(-c4c5ccccc5nc5c4ccc4cccnc45)n3)cc(-c3ccccn3)n2)nc1. The molecule has 16 heteroatoms. The molecule has 0 aliphatic heterocycles. The number of rotatable bonds is 12. The Morgan fingerprint density at radius 2 is 0.428 bits per heavy atom. The second-order valence-electron chi connectivity index (χ2n) is 33.8. The molecule has 0 unspecified atom stereocenters. The van der Waals surface area contributed by atoms with Crippen molar-refractivity contribution in [1.82, 2.24) is 79.7 Å². The number of pyridine rings is 16. The van der Waals surface area contributed by atoms with Crippen LogP contribution in [0.1, 0.15) is 0 Å². The molecule has 0 N–H and O–H groups in total. The van der Waals surface area contributed by atoms with E-state index in [1.54, 1.807) is 37.2 Å². The summed E-state index contributed by atoms with van der Waals surface area (Å²) in [6.45, 7) is 0. The third-order valence-electron chi connectivity index (χ3n) is 25.6. The molecule has 16 nitrogen and oxygen atoms in total. The van der Waals surface area contributed by atoms with Crippen LogP contribution in [0.5, 0.6) is 0 Å². The van der Waals surface area contributed by atoms with Crippen molar-refractivity contribution in [3.63, 3.8) is 0 Å². The number of hydrogen-bond donors (Lipinski definition) is 0. The summed E-state index contributed by atoms with van der Waals surface area (Å²) >= 11 is 0. The lowest BCUT2D eigenvalue weighted by Crippen LogP contribution is -1.96. The van der Waals surface area contributed by atoms with Crippen molar-refractivity contribution in [2.75, 3.05) is 0 Å². The molecule has 16 heterocycles. The first kappa shape index (κ1) is 81.0. The zero-order valence-electron chi connectivity index (χ0n) is 73.9. The molecule has 0 spiro atoms. The molecule has 27 rings (SSSR count). The number of para-hydroxylation sites is 3. The number of nitrogens with zero attached hydrogens (tertiary/aromatic N) is 16. The first-order valence-electron chi connectivity index (χ1n) is 45.6. The Balaban J connectivity index is 0.000000110. The molecule has 0 aliphatic carbocycles. The molecule has 27 aromatic rings. The van der Waals surface area contributed by atoms with Gasteiger partial charge in [0.2, 0.25) is 0 Å². The summed E-state index contributed by atoms with van der Waals surface area (Å²) < 4.78 is 0. The highest BCUT2D eigenvalue weighted by Crippen LogP contribution is 2.47. The van der Waals surface area contributed by atoms with Gasteiger partial charge in [0.15, 0.2) is 0 Å². The molecule has 0 bridgehead atoms. The normalized spacial score (nSPS) is 11.5. The molecule has 0 atom stereocenters. The average Bonchev–Trinajstić information content (AvgIpc) is 0.755. The first-order chi connectivity index (χ1) is 68.4. The van der Waals surface area contributed by atoms with E-state index < -0.39 is 0 Å². The Kier molecular flexibility index (Phi) is 20.5. The monoisotopic (exact) mass is 1760 g/mol. The van der Waals surface area contributed by atoms with E-state index in [2.05, 4.69) is 254 Å². The summed E-state index contributed by atoms with van der Waals surface area (Å²) in [4.78, 5) is 77.1. The van der Waals surface area contributed by atoms with Crippen LogP contribution in [0.25, 0.3) is 266 Å². The Morgan fingerprint density at radius 1 is 0.123 bits per heavy atom. The third-order valence-corrected chi connectivity index (χ3v) is 25.6. The lowest BCUT2D eigenvalue weighted by Gasteiger charge is -2.17. The van der Waals surface area contributed by atoms with Gasteiger partial charge >= 0.3 is 0 Å². The molecular weight excluding hydrogens is 1690 g/mol. The van der Waals surface area contributed by atoms with E-state index in [1.807, 2.05) is 188 Å². The van der Waals surface area contributed by atoms with Crippen LogP contribution in [-0.4, -0.2) is 79.7 Å². The second kappa shape index (κ2) is 34.9. The zero-order valence-corrected chi connectivity index (χ0v) is 73.9. The number of benzene rings is 11. The van der Waals surface area contributed by atoms with Gasteiger partial charge in [-0.25, -0.2) is 34.9 Å². The summed E-state index contributed by atoms with van der Waals surface area (Å²) in [5, 5.41) is 16.8. The van der Waals surface area contributed by atoms with Crippen molar-refractivity contribution in [3.8, 4) is 135 Å². The zero-order chi connectivity index (χ0) is 91.4. The van der Waals surface area contributed by atoms with E-state index in [0.29, 0.717) is 0 Å². The van der Waals surface area contributed by atoms with Crippen LogP contribution in [-0.2, 0) is 0 Å². The van der Waals surface area contributed by atoms with E-state index in [0.717, 1.165) is 239 Å². The van der Waals surface area contributed by atoms with Crippen LogP contribution in [0.2, 0.25) is 0 Å². The Morgan fingerprint density at radius 3 is 0.855 bits per heavy atom. The van der Waals surface area contributed by atoms with Gasteiger partial charge in [-0.1, -0.05) is 224 Å². The summed E-state index contributed by atoms with van der Waals surface area (Å²) in [6, 6.07) is 135. The van der Waals surface area contributed by atoms with Gasteiger partial charge in [-0.15, -0.1) is 0 Å². The second-order valence-corrected chi connectivity index (χ2v) is 33.8. The van der Waals surface area contributed by atoms with Gasteiger partial charge < -0.3 is 0 Å². The van der Waals surface area contributed by atoms with Crippen LogP contribution in [0.15, 0.2) is 450 Å². The standard InChI is InChI=1S/C45H27N5.C41H25N5.C36H22N6/c1-2-10-38-36(9-1)43(37-20-15-28-8-7-23-48-44(28)45(37)50-38)32-17-19-35-31(25-32)14-13-30-24-29(16-18-34(30)35)33-26-41(39-11-3-5-21-46-39)49-42(27-33)40-12-4-6-22-47-40;1-2-12-30-29(11-1)28(27-24-37(35-15-5-7-21-42-35)45-38(25-27)36-16-6-8-22-43-36)19-20-31(30)39-32-13-3-4-14-34(32)46-41-33(39)18-17-26-10-9-23-44-40(26)41;1-2-11-28-25(10-1)34(26-17-16-23-9-8-20-39-35(23)36(26)42-28)31-15-7-14-27(40-31)24-21-32(29-12-3-5-18-37-29)41-33(22-24)30-13-4-6-19-38-30/h1-27H;1-25H;1-22H. The summed E-state index contributed by atoms with van der Waals surface area (Å²) in [5.74, 6) is 0. The van der Waals surface area contributed by atoms with E-state index >= 15 is 0 Å². The van der Waals surface area contributed by atoms with Gasteiger partial charge in [-0.2, -0.15) is 0 Å². The van der Waals surface area contributed by atoms with Crippen molar-refractivity contribution >= 4 is 130 Å². The van der Waals surface area contributed by atoms with E-state index in [4.69, 9.17) is 49.8 Å². The van der Waals surface area contributed by atoms with Crippen LogP contribution < -0.4 is 0 Å². The van der Waals surface area contributed by atoms with Gasteiger partial charge in [0.05, 0.1) is 129 Å². The molecule has 0 saturated carbocycles. The van der Waals surface area contributed by atoms with Crippen LogP contribution in [0, 0.1) is 0 Å². The predicted octanol–water partition coefficient (Wildman–Crippen LogP) is 29.2. The van der Waals surface area contributed by atoms with Gasteiger partial charge in [0.25, 0.3) is 0 Å². The highest BCUT2D eigenvalue weighted by molar-refractivity contribution is 6.22. The molecule has 642 valence electrons. The lowest BCUT2D eigenvalue weighted by molar-refractivity contribution is 1.21. The maximum atomic E-state index is 5.25. The summed E-state index contributed by atoms with van der Waals surface area (Å²) in [6.07, 6.45) is 16.3. The maximum absolute atomic E-state index is 5.25. The molecule has 0 saturated heterocycles. The van der Waals surface area contributed by atoms with E-state index in [-0.39, 0.29) is 0 Å². The summed E-state index contributed by atoms with van der Waals surface area (Å²) in [7, 11) is 0. The van der Waals surface area contributed by atoms with Crippen molar-refractivity contribution in [1.29, 1.82) is 0 Å². The van der Waals surface area contributed by atoms with Crippen molar-refractivity contribution in [2.45, 2.75) is 0 Å². The Labute approximate surface area is 790 Å². The molecular formula is C122H74N16. The van der Waals surface area contributed by atoms with Crippen LogP contribution in [0.4, 0.5) is 0 Å². The molecule has 0 fully saturated rings. The number of fused-ring (bicyclic) bond motifs is 16. The first-order valence-corrected chi connectivity index (χ1v) is 45.6. The minimum absolute atomic E-state index is 0.762. The maximum Gasteiger partial charge on any atom is 0.0979 e.